The molecule has 1 amide bonds. The molecule has 18 heavy (non-hydrogen) atoms. The van der Waals surface area contributed by atoms with Gasteiger partial charge in [-0.3, -0.25) is 4.79 Å². The lowest BCUT2D eigenvalue weighted by atomic mass is 10.2. The van der Waals surface area contributed by atoms with Crippen molar-refractivity contribution in [2.45, 2.75) is 51.0 Å². The van der Waals surface area contributed by atoms with Crippen LogP contribution in [0, 0.1) is 0 Å². The normalized spacial score (nSPS) is 21.6. The van der Waals surface area contributed by atoms with E-state index in [1.54, 1.807) is 0 Å². The number of amides is 1. The van der Waals surface area contributed by atoms with Crippen LogP contribution in [0.4, 0.5) is 0 Å². The van der Waals surface area contributed by atoms with E-state index >= 15 is 0 Å². The maximum atomic E-state index is 12.3. The van der Waals surface area contributed by atoms with Crippen LogP contribution in [0.1, 0.15) is 44.9 Å². The lowest BCUT2D eigenvalue weighted by Gasteiger charge is -2.29. The molecule has 0 unspecified atom stereocenters. The summed E-state index contributed by atoms with van der Waals surface area (Å²) in [6.07, 6.45) is 7.87. The standard InChI is InChI=1S/C14H26N2O2/c17-12-11-16(13-5-1-2-6-13)14(18)7-10-15-8-3-4-9-15/h13,17H,1-12H2. The zero-order valence-corrected chi connectivity index (χ0v) is 11.3. The largest absolute Gasteiger partial charge is 0.395 e. The van der Waals surface area contributed by atoms with Crippen molar-refractivity contribution < 1.29 is 9.90 Å². The summed E-state index contributed by atoms with van der Waals surface area (Å²) in [5, 5.41) is 9.12. The zero-order valence-electron chi connectivity index (χ0n) is 11.3. The maximum Gasteiger partial charge on any atom is 0.224 e. The molecule has 1 aliphatic carbocycles. The first-order valence-corrected chi connectivity index (χ1v) is 7.44. The van der Waals surface area contributed by atoms with Crippen LogP contribution in [0.5, 0.6) is 0 Å². The summed E-state index contributed by atoms with van der Waals surface area (Å²) in [5.74, 6) is 0.239. The second-order valence-corrected chi connectivity index (χ2v) is 5.55. The molecule has 4 heteroatoms. The molecule has 1 aliphatic heterocycles. The molecule has 0 bridgehead atoms. The van der Waals surface area contributed by atoms with Crippen LogP contribution in [-0.4, -0.2) is 59.6 Å². The highest BCUT2D eigenvalue weighted by atomic mass is 16.3. The Balaban J connectivity index is 1.78. The first-order valence-electron chi connectivity index (χ1n) is 7.44. The van der Waals surface area contributed by atoms with Crippen molar-refractivity contribution in [1.29, 1.82) is 0 Å². The maximum absolute atomic E-state index is 12.3. The van der Waals surface area contributed by atoms with E-state index in [0.717, 1.165) is 32.5 Å². The van der Waals surface area contributed by atoms with E-state index in [4.69, 9.17) is 5.11 Å². The highest BCUT2D eigenvalue weighted by molar-refractivity contribution is 5.76. The summed E-state index contributed by atoms with van der Waals surface area (Å²) < 4.78 is 0. The van der Waals surface area contributed by atoms with E-state index in [0.29, 0.717) is 19.0 Å². The van der Waals surface area contributed by atoms with Gasteiger partial charge in [-0.2, -0.15) is 0 Å². The van der Waals surface area contributed by atoms with Crippen LogP contribution in [0.2, 0.25) is 0 Å². The summed E-state index contributed by atoms with van der Waals surface area (Å²) in [7, 11) is 0. The van der Waals surface area contributed by atoms with E-state index in [9.17, 15) is 4.79 Å². The minimum Gasteiger partial charge on any atom is -0.395 e. The fraction of sp³-hybridized carbons (Fsp3) is 0.929. The van der Waals surface area contributed by atoms with Crippen molar-refractivity contribution in [3.63, 3.8) is 0 Å². The molecular formula is C14H26N2O2. The number of carbonyl (C=O) groups is 1. The van der Waals surface area contributed by atoms with Crippen molar-refractivity contribution in [2.75, 3.05) is 32.8 Å². The van der Waals surface area contributed by atoms with Crippen molar-refractivity contribution in [1.82, 2.24) is 9.80 Å². The molecule has 4 nitrogen and oxygen atoms in total. The number of rotatable bonds is 6. The molecule has 2 fully saturated rings. The molecule has 2 aliphatic rings. The minimum absolute atomic E-state index is 0.0892. The topological polar surface area (TPSA) is 43.8 Å². The lowest BCUT2D eigenvalue weighted by molar-refractivity contribution is -0.134. The number of aliphatic hydroxyl groups is 1. The van der Waals surface area contributed by atoms with Gasteiger partial charge in [-0.15, -0.1) is 0 Å². The minimum atomic E-state index is 0.0892. The van der Waals surface area contributed by atoms with Gasteiger partial charge in [0.05, 0.1) is 6.61 Å². The van der Waals surface area contributed by atoms with Crippen molar-refractivity contribution in [3.8, 4) is 0 Å². The highest BCUT2D eigenvalue weighted by Gasteiger charge is 2.26. The van der Waals surface area contributed by atoms with Gasteiger partial charge in [0.1, 0.15) is 0 Å². The quantitative estimate of drug-likeness (QED) is 0.775. The van der Waals surface area contributed by atoms with Gasteiger partial charge in [0.25, 0.3) is 0 Å². The molecule has 0 aromatic carbocycles. The molecular weight excluding hydrogens is 228 g/mol. The van der Waals surface area contributed by atoms with Crippen LogP contribution in [0.25, 0.3) is 0 Å². The van der Waals surface area contributed by atoms with Gasteiger partial charge in [-0.1, -0.05) is 12.8 Å². The SMILES string of the molecule is O=C(CCN1CCCC1)N(CCO)C1CCCC1. The molecule has 1 saturated heterocycles. The Labute approximate surface area is 110 Å². The van der Waals surface area contributed by atoms with Crippen LogP contribution >= 0.6 is 0 Å². The van der Waals surface area contributed by atoms with Crippen LogP contribution in [0.15, 0.2) is 0 Å². The Morgan fingerprint density at radius 1 is 1.17 bits per heavy atom. The fourth-order valence-corrected chi connectivity index (χ4v) is 3.24. The first kappa shape index (κ1) is 13.8. The average Bonchev–Trinajstić information content (AvgIpc) is 3.05. The van der Waals surface area contributed by atoms with E-state index in [1.165, 1.54) is 25.7 Å². The van der Waals surface area contributed by atoms with Crippen molar-refractivity contribution >= 4 is 5.91 Å². The first-order chi connectivity index (χ1) is 8.81. The van der Waals surface area contributed by atoms with Gasteiger partial charge in [-0.05, 0) is 38.8 Å². The van der Waals surface area contributed by atoms with Crippen LogP contribution in [-0.2, 0) is 4.79 Å². The Morgan fingerprint density at radius 2 is 1.83 bits per heavy atom. The molecule has 2 rings (SSSR count). The average molecular weight is 254 g/mol. The monoisotopic (exact) mass is 254 g/mol. The number of carbonyl (C=O) groups excluding carboxylic acids is 1. The van der Waals surface area contributed by atoms with Gasteiger partial charge < -0.3 is 14.9 Å². The van der Waals surface area contributed by atoms with Gasteiger partial charge in [0.15, 0.2) is 0 Å². The molecule has 0 atom stereocenters. The number of hydrogen-bond acceptors (Lipinski definition) is 3. The number of aliphatic hydroxyl groups excluding tert-OH is 1. The van der Waals surface area contributed by atoms with Gasteiger partial charge in [0, 0.05) is 25.6 Å². The van der Waals surface area contributed by atoms with E-state index in [-0.39, 0.29) is 12.5 Å². The van der Waals surface area contributed by atoms with Crippen LogP contribution < -0.4 is 0 Å². The second-order valence-electron chi connectivity index (χ2n) is 5.55. The second kappa shape index (κ2) is 7.10. The summed E-state index contributed by atoms with van der Waals surface area (Å²) in [5.41, 5.74) is 0. The lowest BCUT2D eigenvalue weighted by Crippen LogP contribution is -2.42. The van der Waals surface area contributed by atoms with Gasteiger partial charge in [0.2, 0.25) is 5.91 Å². The Hall–Kier alpha value is -0.610. The van der Waals surface area contributed by atoms with Crippen molar-refractivity contribution in [2.24, 2.45) is 0 Å². The summed E-state index contributed by atoms with van der Waals surface area (Å²) in [6.45, 7) is 3.80. The predicted octanol–water partition coefficient (Wildman–Crippen LogP) is 1.24. The molecule has 0 radical (unpaired) electrons. The molecule has 1 saturated carbocycles. The van der Waals surface area contributed by atoms with Gasteiger partial charge >= 0.3 is 0 Å². The van der Waals surface area contributed by atoms with Gasteiger partial charge in [-0.25, -0.2) is 0 Å². The number of nitrogens with zero attached hydrogens (tertiary/aromatic N) is 2. The Morgan fingerprint density at radius 3 is 2.44 bits per heavy atom. The molecule has 0 aromatic rings. The van der Waals surface area contributed by atoms with E-state index in [1.807, 2.05) is 4.90 Å². The van der Waals surface area contributed by atoms with E-state index < -0.39 is 0 Å². The van der Waals surface area contributed by atoms with E-state index in [2.05, 4.69) is 4.90 Å². The van der Waals surface area contributed by atoms with Crippen molar-refractivity contribution in [3.05, 3.63) is 0 Å². The molecule has 1 N–H and O–H groups in total. The summed E-state index contributed by atoms with van der Waals surface area (Å²) >= 11 is 0. The molecule has 1 heterocycles. The number of hydrogen-bond donors (Lipinski definition) is 1. The smallest absolute Gasteiger partial charge is 0.224 e. The highest BCUT2D eigenvalue weighted by Crippen LogP contribution is 2.24. The Bertz CT molecular complexity index is 259. The Kier molecular flexibility index (Phi) is 5.45. The molecule has 104 valence electrons. The molecule has 0 aromatic heterocycles. The third-order valence-electron chi connectivity index (χ3n) is 4.27. The predicted molar refractivity (Wildman–Crippen MR) is 71.3 cm³/mol. The summed E-state index contributed by atoms with van der Waals surface area (Å²) in [6, 6.07) is 0.392. The number of likely N-dealkylation sites (tertiary alicyclic amines) is 1. The van der Waals surface area contributed by atoms with Crippen LogP contribution in [0.3, 0.4) is 0 Å². The third kappa shape index (κ3) is 3.69. The fourth-order valence-electron chi connectivity index (χ4n) is 3.24. The molecule has 0 spiro atoms. The summed E-state index contributed by atoms with van der Waals surface area (Å²) in [4.78, 5) is 16.6. The zero-order chi connectivity index (χ0) is 12.8. The third-order valence-corrected chi connectivity index (χ3v) is 4.27.